The van der Waals surface area contributed by atoms with Gasteiger partial charge in [-0.15, -0.1) is 0 Å². The Morgan fingerprint density at radius 1 is 1.19 bits per heavy atom. The van der Waals surface area contributed by atoms with Crippen LogP contribution >= 0.6 is 0 Å². The van der Waals surface area contributed by atoms with E-state index in [0.717, 1.165) is 24.8 Å². The molecule has 0 radical (unpaired) electrons. The van der Waals surface area contributed by atoms with E-state index < -0.39 is 0 Å². The van der Waals surface area contributed by atoms with Crippen LogP contribution in [0.1, 0.15) is 31.1 Å². The zero-order valence-electron chi connectivity index (χ0n) is 9.34. The van der Waals surface area contributed by atoms with Crippen molar-refractivity contribution < 1.29 is 14.6 Å². The molecule has 1 aromatic carbocycles. The Morgan fingerprint density at radius 2 is 2.00 bits per heavy atom. The SMILES string of the molecule is OCCCC[C@@H]1CO[C@@H](c2ccccc2)O1. The van der Waals surface area contributed by atoms with Crippen LogP contribution in [0.15, 0.2) is 30.3 Å². The van der Waals surface area contributed by atoms with Crippen LogP contribution in [0, 0.1) is 0 Å². The maximum atomic E-state index is 8.70. The van der Waals surface area contributed by atoms with Crippen LogP contribution in [0.3, 0.4) is 0 Å². The van der Waals surface area contributed by atoms with Crippen LogP contribution in [0.5, 0.6) is 0 Å². The Labute approximate surface area is 96.0 Å². The van der Waals surface area contributed by atoms with Crippen LogP contribution in [-0.2, 0) is 9.47 Å². The average molecular weight is 222 g/mol. The van der Waals surface area contributed by atoms with Gasteiger partial charge in [-0.05, 0) is 19.3 Å². The second kappa shape index (κ2) is 5.99. The molecular weight excluding hydrogens is 204 g/mol. The minimum absolute atomic E-state index is 0.178. The molecular formula is C13H18O3. The van der Waals surface area contributed by atoms with Gasteiger partial charge in [0.15, 0.2) is 6.29 Å². The number of hydrogen-bond donors (Lipinski definition) is 1. The molecule has 1 fully saturated rings. The highest BCUT2D eigenvalue weighted by Gasteiger charge is 2.26. The van der Waals surface area contributed by atoms with Gasteiger partial charge in [0.1, 0.15) is 0 Å². The van der Waals surface area contributed by atoms with E-state index in [1.54, 1.807) is 0 Å². The van der Waals surface area contributed by atoms with Gasteiger partial charge in [0, 0.05) is 12.2 Å². The summed E-state index contributed by atoms with van der Waals surface area (Å²) in [6, 6.07) is 9.99. The van der Waals surface area contributed by atoms with Crippen molar-refractivity contribution in [1.82, 2.24) is 0 Å². The Hall–Kier alpha value is -0.900. The van der Waals surface area contributed by atoms with Crippen LogP contribution < -0.4 is 0 Å². The topological polar surface area (TPSA) is 38.7 Å². The Kier molecular flexibility index (Phi) is 4.34. The van der Waals surface area contributed by atoms with Crippen LogP contribution in [0.2, 0.25) is 0 Å². The molecule has 1 aliphatic heterocycles. The molecule has 0 aliphatic carbocycles. The van der Waals surface area contributed by atoms with Crippen molar-refractivity contribution in [1.29, 1.82) is 0 Å². The molecule has 1 saturated heterocycles. The lowest BCUT2D eigenvalue weighted by atomic mass is 10.2. The number of aliphatic hydroxyl groups excluding tert-OH is 1. The second-order valence-corrected chi connectivity index (χ2v) is 4.05. The van der Waals surface area contributed by atoms with Crippen LogP contribution in [0.25, 0.3) is 0 Å². The third-order valence-corrected chi connectivity index (χ3v) is 2.76. The van der Waals surface area contributed by atoms with Crippen LogP contribution in [0.4, 0.5) is 0 Å². The number of hydrogen-bond acceptors (Lipinski definition) is 3. The highest BCUT2D eigenvalue weighted by molar-refractivity contribution is 5.16. The summed E-state index contributed by atoms with van der Waals surface area (Å²) >= 11 is 0. The minimum atomic E-state index is -0.208. The molecule has 1 N–H and O–H groups in total. The maximum Gasteiger partial charge on any atom is 0.184 e. The Balaban J connectivity index is 1.79. The molecule has 1 aromatic rings. The van der Waals surface area contributed by atoms with Crippen molar-refractivity contribution in [3.8, 4) is 0 Å². The van der Waals surface area contributed by atoms with Crippen molar-refractivity contribution in [2.45, 2.75) is 31.7 Å². The number of ether oxygens (including phenoxy) is 2. The van der Waals surface area contributed by atoms with E-state index >= 15 is 0 Å². The molecule has 0 unspecified atom stereocenters. The molecule has 0 spiro atoms. The van der Waals surface area contributed by atoms with E-state index in [9.17, 15) is 0 Å². The lowest BCUT2D eigenvalue weighted by Crippen LogP contribution is -2.09. The highest BCUT2D eigenvalue weighted by Crippen LogP contribution is 2.28. The first kappa shape index (κ1) is 11.6. The van der Waals surface area contributed by atoms with Gasteiger partial charge in [0.05, 0.1) is 12.7 Å². The van der Waals surface area contributed by atoms with Crippen LogP contribution in [-0.4, -0.2) is 24.4 Å². The van der Waals surface area contributed by atoms with E-state index in [4.69, 9.17) is 14.6 Å². The molecule has 88 valence electrons. The first-order chi connectivity index (χ1) is 7.90. The van der Waals surface area contributed by atoms with Crippen molar-refractivity contribution in [2.24, 2.45) is 0 Å². The molecule has 0 amide bonds. The van der Waals surface area contributed by atoms with E-state index in [-0.39, 0.29) is 19.0 Å². The fourth-order valence-electron chi connectivity index (χ4n) is 1.87. The molecule has 0 bridgehead atoms. The quantitative estimate of drug-likeness (QED) is 0.777. The van der Waals surface area contributed by atoms with Gasteiger partial charge >= 0.3 is 0 Å². The summed E-state index contributed by atoms with van der Waals surface area (Å²) in [7, 11) is 0. The van der Waals surface area contributed by atoms with Crippen molar-refractivity contribution >= 4 is 0 Å². The molecule has 2 atom stereocenters. The molecule has 3 heteroatoms. The summed E-state index contributed by atoms with van der Waals surface area (Å²) in [6.07, 6.45) is 2.77. The average Bonchev–Trinajstić information content (AvgIpc) is 2.79. The summed E-state index contributed by atoms with van der Waals surface area (Å²) in [5.41, 5.74) is 1.08. The van der Waals surface area contributed by atoms with E-state index in [1.165, 1.54) is 0 Å². The van der Waals surface area contributed by atoms with E-state index in [0.29, 0.717) is 6.61 Å². The number of aliphatic hydroxyl groups is 1. The lowest BCUT2D eigenvalue weighted by Gasteiger charge is -2.11. The van der Waals surface area contributed by atoms with Gasteiger partial charge in [0.25, 0.3) is 0 Å². The van der Waals surface area contributed by atoms with Gasteiger partial charge in [-0.3, -0.25) is 0 Å². The molecule has 0 aromatic heterocycles. The zero-order valence-corrected chi connectivity index (χ0v) is 9.34. The van der Waals surface area contributed by atoms with Gasteiger partial charge < -0.3 is 14.6 Å². The fraction of sp³-hybridized carbons (Fsp3) is 0.538. The minimum Gasteiger partial charge on any atom is -0.396 e. The summed E-state index contributed by atoms with van der Waals surface area (Å²) in [5.74, 6) is 0. The summed E-state index contributed by atoms with van der Waals surface area (Å²) in [4.78, 5) is 0. The molecule has 2 rings (SSSR count). The van der Waals surface area contributed by atoms with E-state index in [1.807, 2.05) is 30.3 Å². The summed E-state index contributed by atoms with van der Waals surface area (Å²) in [6.45, 7) is 0.917. The van der Waals surface area contributed by atoms with E-state index in [2.05, 4.69) is 0 Å². The van der Waals surface area contributed by atoms with Crippen molar-refractivity contribution in [3.05, 3.63) is 35.9 Å². The first-order valence-electron chi connectivity index (χ1n) is 5.83. The van der Waals surface area contributed by atoms with Crippen molar-refractivity contribution in [2.75, 3.05) is 13.2 Å². The normalized spacial score (nSPS) is 24.8. The summed E-state index contributed by atoms with van der Waals surface area (Å²) in [5, 5.41) is 8.70. The van der Waals surface area contributed by atoms with Gasteiger partial charge in [-0.1, -0.05) is 30.3 Å². The number of benzene rings is 1. The van der Waals surface area contributed by atoms with Gasteiger partial charge in [0.2, 0.25) is 0 Å². The standard InChI is InChI=1S/C13H18O3/c14-9-5-4-8-12-10-15-13(16-12)11-6-2-1-3-7-11/h1-3,6-7,12-14H,4-5,8-10H2/t12-,13-/m1/s1. The predicted molar refractivity (Wildman–Crippen MR) is 60.9 cm³/mol. The Bertz CT molecular complexity index is 299. The summed E-state index contributed by atoms with van der Waals surface area (Å²) < 4.78 is 11.4. The monoisotopic (exact) mass is 222 g/mol. The lowest BCUT2D eigenvalue weighted by molar-refractivity contribution is -0.0614. The van der Waals surface area contributed by atoms with Gasteiger partial charge in [-0.25, -0.2) is 0 Å². The molecule has 1 heterocycles. The molecule has 1 aliphatic rings. The maximum absolute atomic E-state index is 8.70. The molecule has 16 heavy (non-hydrogen) atoms. The highest BCUT2D eigenvalue weighted by atomic mass is 16.7. The molecule has 0 saturated carbocycles. The fourth-order valence-corrected chi connectivity index (χ4v) is 1.87. The number of unbranched alkanes of at least 4 members (excludes halogenated alkanes) is 1. The second-order valence-electron chi connectivity index (χ2n) is 4.05. The largest absolute Gasteiger partial charge is 0.396 e. The third kappa shape index (κ3) is 3.04. The number of rotatable bonds is 5. The van der Waals surface area contributed by atoms with Crippen molar-refractivity contribution in [3.63, 3.8) is 0 Å². The van der Waals surface area contributed by atoms with Gasteiger partial charge in [-0.2, -0.15) is 0 Å². The molecule has 3 nitrogen and oxygen atoms in total. The smallest absolute Gasteiger partial charge is 0.184 e. The zero-order chi connectivity index (χ0) is 11.2. The predicted octanol–water partition coefficient (Wildman–Crippen LogP) is 2.26. The third-order valence-electron chi connectivity index (χ3n) is 2.76. The first-order valence-corrected chi connectivity index (χ1v) is 5.83. The Morgan fingerprint density at radius 3 is 2.75 bits per heavy atom.